The largest absolute Gasteiger partial charge is 0.351 e. The molecule has 0 unspecified atom stereocenters. The first kappa shape index (κ1) is 19.2. The van der Waals surface area contributed by atoms with Gasteiger partial charge in [-0.2, -0.15) is 0 Å². The Labute approximate surface area is 171 Å². The van der Waals surface area contributed by atoms with Crippen LogP contribution in [-0.2, 0) is 10.2 Å². The fraction of sp³-hybridized carbons (Fsp3) is 0.333. The molecule has 1 aliphatic rings. The van der Waals surface area contributed by atoms with Crippen LogP contribution in [0.4, 0.5) is 0 Å². The highest BCUT2D eigenvalue weighted by Crippen LogP contribution is 2.26. The third-order valence-corrected chi connectivity index (χ3v) is 5.89. The van der Waals surface area contributed by atoms with Gasteiger partial charge in [-0.05, 0) is 44.0 Å². The molecule has 1 N–H and O–H groups in total. The van der Waals surface area contributed by atoms with E-state index in [4.69, 9.17) is 0 Å². The molecule has 29 heavy (non-hydrogen) atoms. The van der Waals surface area contributed by atoms with E-state index in [1.807, 2.05) is 85.2 Å². The predicted octanol–water partition coefficient (Wildman–Crippen LogP) is 3.74. The molecule has 2 aromatic carbocycles. The average molecular weight is 389 g/mol. The topological polar surface area (TPSA) is 56.4 Å². The summed E-state index contributed by atoms with van der Waals surface area (Å²) in [6, 6.07) is 17.9. The van der Waals surface area contributed by atoms with Crippen molar-refractivity contribution in [1.29, 1.82) is 0 Å². The van der Waals surface area contributed by atoms with Gasteiger partial charge in [-0.1, -0.05) is 42.5 Å². The van der Waals surface area contributed by atoms with Crippen LogP contribution in [-0.4, -0.2) is 52.8 Å². The normalized spacial score (nSPS) is 15.0. The number of aromatic nitrogens is 1. The Kier molecular flexibility index (Phi) is 4.91. The molecule has 150 valence electrons. The first-order chi connectivity index (χ1) is 13.9. The van der Waals surface area contributed by atoms with Gasteiger partial charge in [-0.3, -0.25) is 9.59 Å². The van der Waals surface area contributed by atoms with Gasteiger partial charge in [-0.25, -0.2) is 0 Å². The number of carbonyl (C=O) groups is 2. The SMILES string of the molecule is Cc1ccc2cc(C(=O)N3CCN(C(=O)C(C)(C)c4ccccc4)CC3)[nH]c2c1. The highest BCUT2D eigenvalue weighted by molar-refractivity contribution is 5.98. The van der Waals surface area contributed by atoms with Crippen molar-refractivity contribution in [3.05, 3.63) is 71.4 Å². The number of aromatic amines is 1. The van der Waals surface area contributed by atoms with E-state index >= 15 is 0 Å². The molecule has 2 amide bonds. The van der Waals surface area contributed by atoms with Gasteiger partial charge in [-0.15, -0.1) is 0 Å². The van der Waals surface area contributed by atoms with E-state index in [9.17, 15) is 9.59 Å². The highest BCUT2D eigenvalue weighted by Gasteiger charge is 2.35. The van der Waals surface area contributed by atoms with Gasteiger partial charge in [0.2, 0.25) is 5.91 Å². The van der Waals surface area contributed by atoms with E-state index in [1.54, 1.807) is 0 Å². The summed E-state index contributed by atoms with van der Waals surface area (Å²) < 4.78 is 0. The first-order valence-electron chi connectivity index (χ1n) is 10.1. The van der Waals surface area contributed by atoms with E-state index in [0.29, 0.717) is 31.9 Å². The molecule has 1 fully saturated rings. The lowest BCUT2D eigenvalue weighted by Gasteiger charge is -2.38. The molecule has 3 aromatic rings. The molecule has 0 atom stereocenters. The standard InChI is InChI=1S/C24H27N3O2/c1-17-9-10-18-16-21(25-20(18)15-17)22(28)26-11-13-27(14-12-26)23(29)24(2,3)19-7-5-4-6-8-19/h4-10,15-16,25H,11-14H2,1-3H3. The predicted molar refractivity (Wildman–Crippen MR) is 115 cm³/mol. The summed E-state index contributed by atoms with van der Waals surface area (Å²) in [5, 5.41) is 1.04. The van der Waals surface area contributed by atoms with Gasteiger partial charge < -0.3 is 14.8 Å². The monoisotopic (exact) mass is 389 g/mol. The number of benzene rings is 2. The molecule has 0 aliphatic carbocycles. The number of rotatable bonds is 3. The number of carbonyl (C=O) groups excluding carboxylic acids is 2. The van der Waals surface area contributed by atoms with Crippen molar-refractivity contribution >= 4 is 22.7 Å². The second kappa shape index (κ2) is 7.39. The van der Waals surface area contributed by atoms with E-state index < -0.39 is 5.41 Å². The summed E-state index contributed by atoms with van der Waals surface area (Å²) >= 11 is 0. The van der Waals surface area contributed by atoms with Crippen molar-refractivity contribution in [3.63, 3.8) is 0 Å². The fourth-order valence-corrected chi connectivity index (χ4v) is 4.01. The highest BCUT2D eigenvalue weighted by atomic mass is 16.2. The third-order valence-electron chi connectivity index (χ3n) is 5.89. The van der Waals surface area contributed by atoms with Crippen LogP contribution in [0.1, 0.15) is 35.5 Å². The molecule has 0 bridgehead atoms. The van der Waals surface area contributed by atoms with Crippen LogP contribution in [0.2, 0.25) is 0 Å². The lowest BCUT2D eigenvalue weighted by Crippen LogP contribution is -2.54. The van der Waals surface area contributed by atoms with E-state index in [-0.39, 0.29) is 11.8 Å². The van der Waals surface area contributed by atoms with Gasteiger partial charge in [0.15, 0.2) is 0 Å². The Hall–Kier alpha value is -3.08. The van der Waals surface area contributed by atoms with Crippen molar-refractivity contribution < 1.29 is 9.59 Å². The second-order valence-corrected chi connectivity index (χ2v) is 8.35. The van der Waals surface area contributed by atoms with Crippen LogP contribution >= 0.6 is 0 Å². The maximum atomic E-state index is 13.1. The maximum Gasteiger partial charge on any atom is 0.270 e. The minimum absolute atomic E-state index is 0.00623. The molecular weight excluding hydrogens is 362 g/mol. The number of nitrogens with zero attached hydrogens (tertiary/aromatic N) is 2. The number of nitrogens with one attached hydrogen (secondary N) is 1. The number of amides is 2. The van der Waals surface area contributed by atoms with E-state index in [1.165, 1.54) is 0 Å². The number of hydrogen-bond acceptors (Lipinski definition) is 2. The Balaban J connectivity index is 1.43. The summed E-state index contributed by atoms with van der Waals surface area (Å²) in [6.45, 7) is 8.17. The van der Waals surface area contributed by atoms with Crippen molar-refractivity contribution in [2.45, 2.75) is 26.2 Å². The Morgan fingerprint density at radius 2 is 1.55 bits per heavy atom. The summed E-state index contributed by atoms with van der Waals surface area (Å²) in [5.41, 5.74) is 3.17. The van der Waals surface area contributed by atoms with Crippen LogP contribution < -0.4 is 0 Å². The first-order valence-corrected chi connectivity index (χ1v) is 10.1. The van der Waals surface area contributed by atoms with E-state index in [2.05, 4.69) is 4.98 Å². The molecule has 0 saturated carbocycles. The maximum absolute atomic E-state index is 13.1. The number of H-pyrrole nitrogens is 1. The minimum atomic E-state index is -0.581. The molecule has 4 rings (SSSR count). The number of aryl methyl sites for hydroxylation is 1. The van der Waals surface area contributed by atoms with Crippen molar-refractivity contribution in [2.24, 2.45) is 0 Å². The lowest BCUT2D eigenvalue weighted by molar-refractivity contribution is -0.137. The molecule has 5 nitrogen and oxygen atoms in total. The van der Waals surface area contributed by atoms with Crippen LogP contribution in [0, 0.1) is 6.92 Å². The number of piperazine rings is 1. The molecule has 1 aromatic heterocycles. The zero-order valence-corrected chi connectivity index (χ0v) is 17.2. The number of hydrogen-bond donors (Lipinski definition) is 1. The summed E-state index contributed by atoms with van der Waals surface area (Å²) in [7, 11) is 0. The van der Waals surface area contributed by atoms with Gasteiger partial charge in [0.1, 0.15) is 5.69 Å². The Morgan fingerprint density at radius 1 is 0.897 bits per heavy atom. The molecule has 0 spiro atoms. The Morgan fingerprint density at radius 3 is 2.24 bits per heavy atom. The lowest BCUT2D eigenvalue weighted by atomic mass is 9.83. The molecule has 1 saturated heterocycles. The summed E-state index contributed by atoms with van der Waals surface area (Å²) in [5.74, 6) is 0.102. The van der Waals surface area contributed by atoms with Gasteiger partial charge in [0, 0.05) is 37.1 Å². The summed E-state index contributed by atoms with van der Waals surface area (Å²) in [4.78, 5) is 33.0. The van der Waals surface area contributed by atoms with E-state index in [0.717, 1.165) is 22.0 Å². The van der Waals surface area contributed by atoms with Crippen molar-refractivity contribution in [3.8, 4) is 0 Å². The van der Waals surface area contributed by atoms with Crippen molar-refractivity contribution in [1.82, 2.24) is 14.8 Å². The van der Waals surface area contributed by atoms with Crippen molar-refractivity contribution in [2.75, 3.05) is 26.2 Å². The average Bonchev–Trinajstić information content (AvgIpc) is 3.16. The zero-order chi connectivity index (χ0) is 20.6. The van der Waals surface area contributed by atoms with Gasteiger partial charge in [0.05, 0.1) is 5.41 Å². The molecule has 2 heterocycles. The fourth-order valence-electron chi connectivity index (χ4n) is 4.01. The third kappa shape index (κ3) is 3.65. The van der Waals surface area contributed by atoms with Gasteiger partial charge in [0.25, 0.3) is 5.91 Å². The van der Waals surface area contributed by atoms with Crippen LogP contribution in [0.3, 0.4) is 0 Å². The molecule has 1 aliphatic heterocycles. The number of fused-ring (bicyclic) bond motifs is 1. The molecule has 5 heteroatoms. The molecule has 0 radical (unpaired) electrons. The Bertz CT molecular complexity index is 1040. The van der Waals surface area contributed by atoms with Gasteiger partial charge >= 0.3 is 0 Å². The quantitative estimate of drug-likeness (QED) is 0.742. The zero-order valence-electron chi connectivity index (χ0n) is 17.2. The minimum Gasteiger partial charge on any atom is -0.351 e. The van der Waals surface area contributed by atoms with Crippen LogP contribution in [0.25, 0.3) is 10.9 Å². The molecular formula is C24H27N3O2. The smallest absolute Gasteiger partial charge is 0.270 e. The summed E-state index contributed by atoms with van der Waals surface area (Å²) in [6.07, 6.45) is 0. The second-order valence-electron chi connectivity index (χ2n) is 8.35. The van der Waals surface area contributed by atoms with Crippen LogP contribution in [0.15, 0.2) is 54.6 Å². The van der Waals surface area contributed by atoms with Crippen LogP contribution in [0.5, 0.6) is 0 Å².